The lowest BCUT2D eigenvalue weighted by Crippen LogP contribution is -2.52. The van der Waals surface area contributed by atoms with Crippen LogP contribution in [0.1, 0.15) is 46.7 Å². The van der Waals surface area contributed by atoms with Gasteiger partial charge in [-0.1, -0.05) is 6.07 Å². The summed E-state index contributed by atoms with van der Waals surface area (Å²) in [6, 6.07) is 8.36. The van der Waals surface area contributed by atoms with Crippen LogP contribution in [0.4, 0.5) is 10.1 Å². The zero-order chi connectivity index (χ0) is 30.0. The topological polar surface area (TPSA) is 114 Å². The first-order valence-electron chi connectivity index (χ1n) is 14.1. The number of aryl methyl sites for hydroxylation is 1. The third-order valence-corrected chi connectivity index (χ3v) is 9.58. The van der Waals surface area contributed by atoms with Crippen LogP contribution in [-0.4, -0.2) is 57.8 Å². The second kappa shape index (κ2) is 10.3. The highest BCUT2D eigenvalue weighted by Crippen LogP contribution is 2.41. The van der Waals surface area contributed by atoms with E-state index in [4.69, 9.17) is 4.74 Å². The molecule has 3 amide bonds. The molecule has 220 valence electrons. The zero-order valence-electron chi connectivity index (χ0n) is 23.6. The summed E-state index contributed by atoms with van der Waals surface area (Å²) in [5, 5.41) is 3.01. The number of imide groups is 1. The van der Waals surface area contributed by atoms with Crippen LogP contribution in [0.5, 0.6) is 5.75 Å². The van der Waals surface area contributed by atoms with Crippen LogP contribution in [0, 0.1) is 5.82 Å². The maximum atomic E-state index is 15.9. The number of amides is 3. The van der Waals surface area contributed by atoms with Crippen LogP contribution in [0.2, 0.25) is 0 Å². The van der Waals surface area contributed by atoms with Gasteiger partial charge in [0.1, 0.15) is 22.3 Å². The van der Waals surface area contributed by atoms with Crippen LogP contribution in [-0.2, 0) is 23.2 Å². The number of ether oxygens (including phenoxy) is 1. The van der Waals surface area contributed by atoms with E-state index in [1.54, 1.807) is 19.4 Å². The fraction of sp³-hybridized carbons (Fsp3) is 0.323. The number of nitrogens with zero attached hydrogens (tertiary/aromatic N) is 4. The van der Waals surface area contributed by atoms with Gasteiger partial charge in [-0.2, -0.15) is 4.37 Å². The van der Waals surface area contributed by atoms with Crippen LogP contribution in [0.3, 0.4) is 0 Å². The minimum absolute atomic E-state index is 0.143. The van der Waals surface area contributed by atoms with Crippen molar-refractivity contribution in [2.24, 2.45) is 7.05 Å². The summed E-state index contributed by atoms with van der Waals surface area (Å²) in [7, 11) is 3.19. The number of anilines is 1. The van der Waals surface area contributed by atoms with Gasteiger partial charge in [-0.3, -0.25) is 24.5 Å². The summed E-state index contributed by atoms with van der Waals surface area (Å²) in [5.41, 5.74) is 3.90. The van der Waals surface area contributed by atoms with Crippen LogP contribution in [0.15, 0.2) is 47.5 Å². The third-order valence-electron chi connectivity index (χ3n) is 8.79. The SMILES string of the molecule is COc1cc(-c2cn(C)c(=O)c3sncc23)cc(F)c1[C@@H]1CCN(c2ccc3c(c2)C(=O)N([C@H]2CCC(=O)NC2=O)C3)C1. The average Bonchev–Trinajstić information content (AvgIpc) is 3.74. The van der Waals surface area contributed by atoms with Gasteiger partial charge in [0.05, 0.1) is 7.11 Å². The number of piperidine rings is 1. The van der Waals surface area contributed by atoms with E-state index in [2.05, 4.69) is 14.6 Å². The molecule has 2 saturated heterocycles. The number of fused-ring (bicyclic) bond motifs is 2. The van der Waals surface area contributed by atoms with Crippen molar-refractivity contribution in [2.45, 2.75) is 37.8 Å². The predicted octanol–water partition coefficient (Wildman–Crippen LogP) is 3.56. The molecule has 1 N–H and O–H groups in total. The van der Waals surface area contributed by atoms with E-state index in [-0.39, 0.29) is 35.5 Å². The van der Waals surface area contributed by atoms with E-state index in [0.717, 1.165) is 22.8 Å². The third kappa shape index (κ3) is 4.48. The molecule has 0 spiro atoms. The van der Waals surface area contributed by atoms with E-state index >= 15 is 4.39 Å². The summed E-state index contributed by atoms with van der Waals surface area (Å²) in [6.07, 6.45) is 4.54. The van der Waals surface area contributed by atoms with Crippen molar-refractivity contribution in [2.75, 3.05) is 25.1 Å². The second-order valence-corrected chi connectivity index (χ2v) is 12.1. The number of hydrogen-bond donors (Lipinski definition) is 1. The molecule has 2 fully saturated rings. The number of halogens is 1. The van der Waals surface area contributed by atoms with Gasteiger partial charge in [0.15, 0.2) is 0 Å². The molecule has 4 aromatic rings. The number of aromatic nitrogens is 2. The molecule has 0 saturated carbocycles. The molecular weight excluding hydrogens is 573 g/mol. The Hall–Kier alpha value is -4.58. The molecular formula is C31H28FN5O5S. The average molecular weight is 602 g/mol. The van der Waals surface area contributed by atoms with E-state index in [9.17, 15) is 19.2 Å². The first kappa shape index (κ1) is 27.3. The quantitative estimate of drug-likeness (QED) is 0.348. The Labute approximate surface area is 249 Å². The molecule has 0 unspecified atom stereocenters. The number of pyridine rings is 1. The molecule has 2 aromatic heterocycles. The Morgan fingerprint density at radius 1 is 1.09 bits per heavy atom. The molecule has 12 heteroatoms. The van der Waals surface area contributed by atoms with Crippen molar-refractivity contribution in [1.82, 2.24) is 19.2 Å². The van der Waals surface area contributed by atoms with Gasteiger partial charge in [0, 0.05) is 79.2 Å². The molecule has 3 aliphatic heterocycles. The van der Waals surface area contributed by atoms with Gasteiger partial charge in [-0.25, -0.2) is 4.39 Å². The number of benzene rings is 2. The molecule has 2 aromatic carbocycles. The lowest BCUT2D eigenvalue weighted by Gasteiger charge is -2.29. The molecule has 0 radical (unpaired) electrons. The van der Waals surface area contributed by atoms with Gasteiger partial charge in [-0.15, -0.1) is 0 Å². The predicted molar refractivity (Wildman–Crippen MR) is 159 cm³/mol. The van der Waals surface area contributed by atoms with E-state index in [0.29, 0.717) is 70.6 Å². The Kier molecular flexibility index (Phi) is 6.53. The van der Waals surface area contributed by atoms with Crippen molar-refractivity contribution in [3.05, 3.63) is 75.6 Å². The van der Waals surface area contributed by atoms with E-state index < -0.39 is 11.9 Å². The van der Waals surface area contributed by atoms with Crippen LogP contribution >= 0.6 is 11.5 Å². The highest BCUT2D eigenvalue weighted by atomic mass is 32.1. The highest BCUT2D eigenvalue weighted by Gasteiger charge is 2.39. The van der Waals surface area contributed by atoms with Gasteiger partial charge in [0.2, 0.25) is 11.8 Å². The lowest BCUT2D eigenvalue weighted by molar-refractivity contribution is -0.136. The van der Waals surface area contributed by atoms with Gasteiger partial charge < -0.3 is 19.1 Å². The Morgan fingerprint density at radius 2 is 1.93 bits per heavy atom. The zero-order valence-corrected chi connectivity index (χ0v) is 24.4. The number of carbonyl (C=O) groups excluding carboxylic acids is 3. The summed E-state index contributed by atoms with van der Waals surface area (Å²) in [4.78, 5) is 53.5. The smallest absolute Gasteiger partial charge is 0.269 e. The normalized spacial score (nSPS) is 20.2. The van der Waals surface area contributed by atoms with Crippen LogP contribution in [0.25, 0.3) is 21.2 Å². The van der Waals surface area contributed by atoms with Crippen molar-refractivity contribution in [1.29, 1.82) is 0 Å². The fourth-order valence-electron chi connectivity index (χ4n) is 6.58. The van der Waals surface area contributed by atoms with E-state index in [1.165, 1.54) is 22.6 Å². The summed E-state index contributed by atoms with van der Waals surface area (Å²) in [6.45, 7) is 1.53. The minimum Gasteiger partial charge on any atom is -0.496 e. The van der Waals surface area contributed by atoms with Gasteiger partial charge in [0.25, 0.3) is 11.5 Å². The van der Waals surface area contributed by atoms with Crippen LogP contribution < -0.4 is 20.5 Å². The first-order valence-corrected chi connectivity index (χ1v) is 14.8. The lowest BCUT2D eigenvalue weighted by atomic mass is 9.93. The fourth-order valence-corrected chi connectivity index (χ4v) is 7.33. The highest BCUT2D eigenvalue weighted by molar-refractivity contribution is 7.13. The number of rotatable bonds is 5. The van der Waals surface area contributed by atoms with Gasteiger partial charge >= 0.3 is 0 Å². The van der Waals surface area contributed by atoms with E-state index in [1.807, 2.05) is 24.3 Å². The minimum atomic E-state index is -0.663. The first-order chi connectivity index (χ1) is 20.7. The second-order valence-electron chi connectivity index (χ2n) is 11.3. The van der Waals surface area contributed by atoms with Crippen molar-refractivity contribution >= 4 is 45.0 Å². The summed E-state index contributed by atoms with van der Waals surface area (Å²) in [5.74, 6) is -1.06. The Bertz CT molecular complexity index is 1900. The van der Waals surface area contributed by atoms with Crippen molar-refractivity contribution in [3.8, 4) is 16.9 Å². The molecule has 3 aliphatic rings. The largest absolute Gasteiger partial charge is 0.496 e. The molecule has 43 heavy (non-hydrogen) atoms. The number of carbonyl (C=O) groups is 3. The molecule has 5 heterocycles. The molecule has 0 aliphatic carbocycles. The molecule has 10 nitrogen and oxygen atoms in total. The standard InChI is InChI=1S/C31H28FN5O5S/c1-35-15-22(21-12-33-43-28(21)31(35)41)18-9-23(32)27(25(10-18)42-2)17-7-8-36(13-17)19-4-3-16-14-37(30(40)20(16)11-19)24-5-6-26(38)34-29(24)39/h3-4,9-12,15,17,24H,5-8,13-14H2,1-2H3,(H,34,38,39)/t17-,24+/m1/s1. The molecule has 2 atom stereocenters. The Balaban J connectivity index is 1.14. The monoisotopic (exact) mass is 601 g/mol. The maximum absolute atomic E-state index is 15.9. The van der Waals surface area contributed by atoms with Gasteiger partial charge in [-0.05, 0) is 59.8 Å². The Morgan fingerprint density at radius 3 is 2.72 bits per heavy atom. The molecule has 0 bridgehead atoms. The summed E-state index contributed by atoms with van der Waals surface area (Å²) < 4.78 is 27.8. The number of hydrogen-bond acceptors (Lipinski definition) is 8. The number of nitrogens with one attached hydrogen (secondary N) is 1. The maximum Gasteiger partial charge on any atom is 0.269 e. The number of methoxy groups -OCH3 is 1. The van der Waals surface area contributed by atoms with Crippen molar-refractivity contribution < 1.29 is 23.5 Å². The summed E-state index contributed by atoms with van der Waals surface area (Å²) >= 11 is 1.12. The van der Waals surface area contributed by atoms with Crippen molar-refractivity contribution in [3.63, 3.8) is 0 Å². The molecule has 7 rings (SSSR count).